The van der Waals surface area contributed by atoms with Crippen molar-refractivity contribution >= 4 is 16.3 Å². The predicted octanol–water partition coefficient (Wildman–Crippen LogP) is 3.20. The maximum atomic E-state index is 13.2. The van der Waals surface area contributed by atoms with Gasteiger partial charge in [0.15, 0.2) is 0 Å². The standard InChI is InChI=1S/C13H23FO3S/c1-5-16-12(15)13(10-14)8-6-11(7-9-13)17-18(2,3)4/h6H,5,7-10H2,1-4H3. The molecule has 1 atom stereocenters. The molecule has 0 aliphatic heterocycles. The van der Waals surface area contributed by atoms with E-state index in [2.05, 4.69) is 18.8 Å². The van der Waals surface area contributed by atoms with Gasteiger partial charge in [0.25, 0.3) is 0 Å². The topological polar surface area (TPSA) is 35.5 Å². The fourth-order valence-electron chi connectivity index (χ4n) is 1.92. The summed E-state index contributed by atoms with van der Waals surface area (Å²) in [6.07, 6.45) is 9.44. The number of carbonyl (C=O) groups excluding carboxylic acids is 1. The zero-order valence-corrected chi connectivity index (χ0v) is 12.4. The van der Waals surface area contributed by atoms with Crippen molar-refractivity contribution < 1.29 is 18.1 Å². The maximum absolute atomic E-state index is 13.2. The summed E-state index contributed by atoms with van der Waals surface area (Å²) in [5, 5.41) is 0. The third kappa shape index (κ3) is 3.90. The van der Waals surface area contributed by atoms with Crippen LogP contribution in [0, 0.1) is 5.41 Å². The van der Waals surface area contributed by atoms with Crippen LogP contribution >= 0.6 is 10.3 Å². The Kier molecular flexibility index (Phi) is 5.08. The molecule has 0 spiro atoms. The molecular weight excluding hydrogens is 255 g/mol. The van der Waals surface area contributed by atoms with E-state index in [1.807, 2.05) is 6.08 Å². The molecule has 0 aromatic rings. The summed E-state index contributed by atoms with van der Waals surface area (Å²) >= 11 is 0. The third-order valence-corrected chi connectivity index (χ3v) is 3.61. The number of rotatable bonds is 5. The number of allylic oxidation sites excluding steroid dienone is 2. The normalized spacial score (nSPS) is 25.3. The van der Waals surface area contributed by atoms with Crippen molar-refractivity contribution in [2.24, 2.45) is 5.41 Å². The molecule has 0 fully saturated rings. The van der Waals surface area contributed by atoms with Crippen molar-refractivity contribution in [1.82, 2.24) is 0 Å². The number of halogens is 1. The molecule has 0 heterocycles. The highest BCUT2D eigenvalue weighted by Crippen LogP contribution is 2.44. The predicted molar refractivity (Wildman–Crippen MR) is 73.4 cm³/mol. The first kappa shape index (κ1) is 15.3. The summed E-state index contributed by atoms with van der Waals surface area (Å²) in [6, 6.07) is 0. The van der Waals surface area contributed by atoms with Gasteiger partial charge in [-0.2, -0.15) is 0 Å². The number of ether oxygens (including phenoxy) is 1. The quantitative estimate of drug-likeness (QED) is 0.724. The summed E-state index contributed by atoms with van der Waals surface area (Å²) in [4.78, 5) is 11.8. The van der Waals surface area contributed by atoms with Crippen LogP contribution in [0.3, 0.4) is 0 Å². The number of hydrogen-bond donors (Lipinski definition) is 0. The van der Waals surface area contributed by atoms with Crippen LogP contribution in [0.5, 0.6) is 0 Å². The molecule has 3 nitrogen and oxygen atoms in total. The zero-order chi connectivity index (χ0) is 13.8. The van der Waals surface area contributed by atoms with Crippen LogP contribution in [0.2, 0.25) is 0 Å². The molecule has 18 heavy (non-hydrogen) atoms. The zero-order valence-electron chi connectivity index (χ0n) is 11.6. The van der Waals surface area contributed by atoms with Crippen LogP contribution in [0.25, 0.3) is 0 Å². The lowest BCUT2D eigenvalue weighted by atomic mass is 9.77. The van der Waals surface area contributed by atoms with Crippen LogP contribution in [0.15, 0.2) is 11.8 Å². The minimum atomic E-state index is -1.08. The average Bonchev–Trinajstić information content (AvgIpc) is 2.28. The first-order valence-electron chi connectivity index (χ1n) is 6.13. The third-order valence-electron chi connectivity index (χ3n) is 2.89. The molecule has 1 aliphatic carbocycles. The van der Waals surface area contributed by atoms with Crippen LogP contribution in [0.1, 0.15) is 26.2 Å². The van der Waals surface area contributed by atoms with Crippen molar-refractivity contribution in [3.05, 3.63) is 11.8 Å². The van der Waals surface area contributed by atoms with Gasteiger partial charge in [-0.15, -0.1) is 10.3 Å². The Morgan fingerprint density at radius 2 is 2.17 bits per heavy atom. The Morgan fingerprint density at radius 1 is 1.50 bits per heavy atom. The Balaban J connectivity index is 2.71. The first-order chi connectivity index (χ1) is 8.33. The molecule has 0 bridgehead atoms. The van der Waals surface area contributed by atoms with E-state index in [9.17, 15) is 9.18 Å². The first-order valence-corrected chi connectivity index (χ1v) is 8.91. The van der Waals surface area contributed by atoms with E-state index < -0.39 is 28.4 Å². The van der Waals surface area contributed by atoms with E-state index in [1.54, 1.807) is 6.92 Å². The lowest BCUT2D eigenvalue weighted by Gasteiger charge is -2.35. The van der Waals surface area contributed by atoms with Crippen molar-refractivity contribution in [2.45, 2.75) is 26.2 Å². The Labute approximate surface area is 110 Å². The summed E-state index contributed by atoms with van der Waals surface area (Å²) in [5.41, 5.74) is -0.990. The average molecular weight is 278 g/mol. The molecule has 1 rings (SSSR count). The van der Waals surface area contributed by atoms with Crippen LogP contribution in [-0.2, 0) is 13.7 Å². The fourth-order valence-corrected chi connectivity index (χ4v) is 2.71. The minimum Gasteiger partial charge on any atom is -0.465 e. The van der Waals surface area contributed by atoms with Gasteiger partial charge < -0.3 is 8.92 Å². The van der Waals surface area contributed by atoms with Gasteiger partial charge in [0.05, 0.1) is 6.61 Å². The molecule has 0 aromatic carbocycles. The molecule has 5 heteroatoms. The molecule has 1 aliphatic rings. The number of esters is 1. The highest BCUT2D eigenvalue weighted by molar-refractivity contribution is 8.28. The number of hydrogen-bond acceptors (Lipinski definition) is 3. The molecule has 0 radical (unpaired) electrons. The van der Waals surface area contributed by atoms with Gasteiger partial charge in [0.2, 0.25) is 0 Å². The SMILES string of the molecule is CCOC(=O)C1(CF)CC=C(OS(C)(C)C)CC1. The summed E-state index contributed by atoms with van der Waals surface area (Å²) in [5.74, 6) is 0.455. The molecule has 1 unspecified atom stereocenters. The van der Waals surface area contributed by atoms with Gasteiger partial charge in [0, 0.05) is 6.42 Å². The summed E-state index contributed by atoms with van der Waals surface area (Å²) < 4.78 is 24.0. The summed E-state index contributed by atoms with van der Waals surface area (Å²) in [6.45, 7) is 1.36. The lowest BCUT2D eigenvalue weighted by molar-refractivity contribution is -0.157. The summed E-state index contributed by atoms with van der Waals surface area (Å²) in [7, 11) is -1.08. The van der Waals surface area contributed by atoms with E-state index in [1.165, 1.54) is 0 Å². The van der Waals surface area contributed by atoms with Crippen LogP contribution in [-0.4, -0.2) is 38.0 Å². The molecule has 0 N–H and O–H groups in total. The molecular formula is C13H23FO3S. The monoisotopic (exact) mass is 278 g/mol. The Morgan fingerprint density at radius 3 is 2.56 bits per heavy atom. The smallest absolute Gasteiger partial charge is 0.315 e. The van der Waals surface area contributed by atoms with E-state index in [4.69, 9.17) is 8.92 Å². The minimum absolute atomic E-state index is 0.291. The van der Waals surface area contributed by atoms with Crippen LogP contribution < -0.4 is 0 Å². The van der Waals surface area contributed by atoms with Gasteiger partial charge >= 0.3 is 5.97 Å². The van der Waals surface area contributed by atoms with E-state index in [0.717, 1.165) is 5.76 Å². The van der Waals surface area contributed by atoms with Crippen molar-refractivity contribution in [3.63, 3.8) is 0 Å². The highest BCUT2D eigenvalue weighted by Gasteiger charge is 2.41. The molecule has 0 saturated carbocycles. The number of carbonyl (C=O) groups is 1. The second kappa shape index (κ2) is 5.95. The molecule has 0 saturated heterocycles. The largest absolute Gasteiger partial charge is 0.465 e. The van der Waals surface area contributed by atoms with Gasteiger partial charge in [0.1, 0.15) is 17.8 Å². The van der Waals surface area contributed by atoms with Gasteiger partial charge in [-0.05, 0) is 44.6 Å². The highest BCUT2D eigenvalue weighted by atomic mass is 32.3. The fraction of sp³-hybridized carbons (Fsp3) is 0.769. The molecule has 0 aromatic heterocycles. The van der Waals surface area contributed by atoms with Gasteiger partial charge in [-0.1, -0.05) is 0 Å². The molecule has 0 amide bonds. The maximum Gasteiger partial charge on any atom is 0.315 e. The van der Waals surface area contributed by atoms with E-state index in [0.29, 0.717) is 25.9 Å². The second-order valence-corrected chi connectivity index (χ2v) is 8.93. The number of alkyl halides is 1. The van der Waals surface area contributed by atoms with Gasteiger partial charge in [-0.3, -0.25) is 4.79 Å². The van der Waals surface area contributed by atoms with Gasteiger partial charge in [-0.25, -0.2) is 4.39 Å². The van der Waals surface area contributed by atoms with Crippen molar-refractivity contribution in [2.75, 3.05) is 32.0 Å². The lowest BCUT2D eigenvalue weighted by Crippen LogP contribution is -2.36. The van der Waals surface area contributed by atoms with Crippen molar-refractivity contribution in [1.29, 1.82) is 0 Å². The second-order valence-electron chi connectivity index (χ2n) is 5.32. The molecule has 106 valence electrons. The van der Waals surface area contributed by atoms with Crippen molar-refractivity contribution in [3.8, 4) is 0 Å². The van der Waals surface area contributed by atoms with Crippen LogP contribution in [0.4, 0.5) is 4.39 Å². The Hall–Kier alpha value is -0.710. The van der Waals surface area contributed by atoms with E-state index in [-0.39, 0.29) is 0 Å². The van der Waals surface area contributed by atoms with E-state index >= 15 is 0 Å². The Bertz CT molecular complexity index is 336.